The van der Waals surface area contributed by atoms with Crippen LogP contribution in [0.15, 0.2) is 60.7 Å². The van der Waals surface area contributed by atoms with Crippen LogP contribution in [0.4, 0.5) is 0 Å². The highest BCUT2D eigenvalue weighted by Crippen LogP contribution is 2.39. The summed E-state index contributed by atoms with van der Waals surface area (Å²) in [5.41, 5.74) is 6.55. The molecule has 0 radical (unpaired) electrons. The summed E-state index contributed by atoms with van der Waals surface area (Å²) < 4.78 is 18.4. The molecule has 0 N–H and O–H groups in total. The maximum atomic E-state index is 11.6. The van der Waals surface area contributed by atoms with Gasteiger partial charge in [0.1, 0.15) is 0 Å². The van der Waals surface area contributed by atoms with Crippen molar-refractivity contribution in [2.75, 3.05) is 6.61 Å². The Kier molecular flexibility index (Phi) is 12.8. The van der Waals surface area contributed by atoms with Crippen molar-refractivity contribution in [3.63, 3.8) is 0 Å². The van der Waals surface area contributed by atoms with Gasteiger partial charge in [-0.05, 0) is 97.9 Å². The second-order valence-corrected chi connectivity index (χ2v) is 20.2. The number of carbonyl (C=O) groups is 1. The van der Waals surface area contributed by atoms with E-state index in [1.54, 1.807) is 6.08 Å². The number of benzene rings is 2. The van der Waals surface area contributed by atoms with Crippen LogP contribution >= 0.6 is 0 Å². The highest BCUT2D eigenvalue weighted by molar-refractivity contribution is 6.32. The molecule has 6 heteroatoms. The summed E-state index contributed by atoms with van der Waals surface area (Å²) in [6.45, 7) is 26.8. The number of hydrogen-bond donors (Lipinski definition) is 0. The fraction of sp³-hybridized carbons (Fsp3) is 0.528. The van der Waals surface area contributed by atoms with Gasteiger partial charge in [0.25, 0.3) is 0 Å². The van der Waals surface area contributed by atoms with Crippen LogP contribution < -0.4 is 0 Å². The quantitative estimate of drug-likeness (QED) is 0.0998. The SMILES string of the molecule is CCOC(=O)/C=C/C=C(\C)c1cccc(CCc2ccc(C(C)(C)O[SiH2]C(C)(C)C)c(C(C)(C)O[SiH2]C(C)(C)C)c2)c1. The van der Waals surface area contributed by atoms with Crippen molar-refractivity contribution in [1.29, 1.82) is 0 Å². The molecule has 0 fully saturated rings. The lowest BCUT2D eigenvalue weighted by Gasteiger charge is -2.38. The minimum absolute atomic E-state index is 0.215. The van der Waals surface area contributed by atoms with Crippen molar-refractivity contribution < 1.29 is 18.4 Å². The van der Waals surface area contributed by atoms with Gasteiger partial charge in [-0.1, -0.05) is 96.2 Å². The molecule has 0 aliphatic heterocycles. The van der Waals surface area contributed by atoms with Crippen molar-refractivity contribution in [3.05, 3.63) is 88.5 Å². The van der Waals surface area contributed by atoms with Crippen molar-refractivity contribution in [1.82, 2.24) is 0 Å². The minimum Gasteiger partial charge on any atom is -0.463 e. The van der Waals surface area contributed by atoms with Gasteiger partial charge in [0, 0.05) is 6.08 Å². The number of carbonyl (C=O) groups excluding carboxylic acids is 1. The van der Waals surface area contributed by atoms with E-state index in [1.807, 2.05) is 13.0 Å². The molecule has 0 saturated heterocycles. The molecule has 0 aliphatic carbocycles. The van der Waals surface area contributed by atoms with E-state index in [1.165, 1.54) is 28.3 Å². The zero-order valence-electron chi connectivity index (χ0n) is 28.4. The highest BCUT2D eigenvalue weighted by Gasteiger charge is 2.33. The van der Waals surface area contributed by atoms with Gasteiger partial charge in [0.2, 0.25) is 0 Å². The summed E-state index contributed by atoms with van der Waals surface area (Å²) in [6, 6.07) is 15.6. The van der Waals surface area contributed by atoms with Gasteiger partial charge in [-0.15, -0.1) is 0 Å². The zero-order chi connectivity index (χ0) is 31.8. The Labute approximate surface area is 261 Å². The van der Waals surface area contributed by atoms with Gasteiger partial charge in [0.05, 0.1) is 17.8 Å². The van der Waals surface area contributed by atoms with Crippen LogP contribution in [0.1, 0.15) is 111 Å². The lowest BCUT2D eigenvalue weighted by molar-refractivity contribution is -0.137. The number of aryl methyl sites for hydroxylation is 2. The highest BCUT2D eigenvalue weighted by atomic mass is 28.2. The van der Waals surface area contributed by atoms with Crippen LogP contribution in [-0.2, 0) is 42.4 Å². The third-order valence-corrected chi connectivity index (χ3v) is 10.5. The second kappa shape index (κ2) is 15.0. The predicted octanol–water partition coefficient (Wildman–Crippen LogP) is 8.10. The first-order valence-corrected chi connectivity index (χ1v) is 17.9. The number of rotatable bonds is 13. The molecular weight excluding hydrogens is 553 g/mol. The maximum absolute atomic E-state index is 11.6. The van der Waals surface area contributed by atoms with E-state index in [0.29, 0.717) is 6.61 Å². The summed E-state index contributed by atoms with van der Waals surface area (Å²) in [4.78, 5) is 11.6. The Morgan fingerprint density at radius 2 is 1.31 bits per heavy atom. The molecule has 2 aromatic carbocycles. The van der Waals surface area contributed by atoms with Crippen molar-refractivity contribution in [2.45, 2.75) is 117 Å². The summed E-state index contributed by atoms with van der Waals surface area (Å²) >= 11 is 0. The molecule has 2 aromatic rings. The summed E-state index contributed by atoms with van der Waals surface area (Å²) in [5, 5.41) is 0.439. The van der Waals surface area contributed by atoms with Gasteiger partial charge in [-0.25, -0.2) is 4.79 Å². The summed E-state index contributed by atoms with van der Waals surface area (Å²) in [7, 11) is -1.49. The van der Waals surface area contributed by atoms with Crippen LogP contribution in [0.25, 0.3) is 5.57 Å². The van der Waals surface area contributed by atoms with Crippen LogP contribution in [0.3, 0.4) is 0 Å². The van der Waals surface area contributed by atoms with Gasteiger partial charge in [-0.2, -0.15) is 0 Å². The van der Waals surface area contributed by atoms with Gasteiger partial charge >= 0.3 is 5.97 Å². The van der Waals surface area contributed by atoms with E-state index in [4.69, 9.17) is 13.6 Å². The van der Waals surface area contributed by atoms with Crippen molar-refractivity contribution in [2.24, 2.45) is 0 Å². The average Bonchev–Trinajstić information content (AvgIpc) is 2.89. The molecule has 0 aromatic heterocycles. The van der Waals surface area contributed by atoms with Gasteiger partial charge < -0.3 is 13.6 Å². The lowest BCUT2D eigenvalue weighted by atomic mass is 9.84. The first-order chi connectivity index (χ1) is 19.3. The third-order valence-electron chi connectivity index (χ3n) is 7.06. The van der Waals surface area contributed by atoms with Crippen molar-refractivity contribution in [3.8, 4) is 0 Å². The van der Waals surface area contributed by atoms with Crippen LogP contribution in [-0.4, -0.2) is 32.1 Å². The molecule has 0 unspecified atom stereocenters. The first kappa shape index (κ1) is 35.9. The molecule has 0 spiro atoms. The molecule has 0 bridgehead atoms. The molecule has 0 heterocycles. The van der Waals surface area contributed by atoms with E-state index in [0.717, 1.165) is 24.0 Å². The molecule has 0 atom stereocenters. The standard InChI is InChI=1S/C36H56O4Si2/c1-13-38-32(37)19-14-16-26(2)29-18-15-17-27(24-29)20-21-28-22-23-30(35(9,10)39-41-33(3,4)5)31(25-28)36(11,12)40-42-34(6,7)8/h14-19,22-25H,13,20-21,41-42H2,1-12H3/b19-14+,26-16+. The zero-order valence-corrected chi connectivity index (χ0v) is 31.3. The smallest absolute Gasteiger partial charge is 0.330 e. The number of ether oxygens (including phenoxy) is 1. The van der Waals surface area contributed by atoms with E-state index in [9.17, 15) is 4.79 Å². The Morgan fingerprint density at radius 3 is 1.86 bits per heavy atom. The molecule has 42 heavy (non-hydrogen) atoms. The molecule has 232 valence electrons. The Morgan fingerprint density at radius 1 is 0.762 bits per heavy atom. The van der Waals surface area contributed by atoms with Crippen LogP contribution in [0.2, 0.25) is 10.1 Å². The van der Waals surface area contributed by atoms with E-state index >= 15 is 0 Å². The molecule has 2 rings (SSSR count). The molecule has 0 aliphatic rings. The average molecular weight is 609 g/mol. The van der Waals surface area contributed by atoms with E-state index < -0.39 is 25.1 Å². The summed E-state index contributed by atoms with van der Waals surface area (Å²) in [6.07, 6.45) is 7.05. The number of hydrogen-bond acceptors (Lipinski definition) is 4. The van der Waals surface area contributed by atoms with Crippen LogP contribution in [0, 0.1) is 0 Å². The Bertz CT molecular complexity index is 1240. The van der Waals surface area contributed by atoms with E-state index in [2.05, 4.69) is 119 Å². The number of allylic oxidation sites excluding steroid dienone is 3. The van der Waals surface area contributed by atoms with Gasteiger partial charge in [-0.3, -0.25) is 0 Å². The monoisotopic (exact) mass is 608 g/mol. The largest absolute Gasteiger partial charge is 0.463 e. The minimum atomic E-state index is -0.752. The Balaban J connectivity index is 2.33. The fourth-order valence-corrected chi connectivity index (χ4v) is 6.44. The van der Waals surface area contributed by atoms with E-state index in [-0.39, 0.29) is 21.6 Å². The topological polar surface area (TPSA) is 44.8 Å². The molecule has 0 saturated carbocycles. The lowest BCUT2D eigenvalue weighted by Crippen LogP contribution is -2.34. The van der Waals surface area contributed by atoms with Crippen molar-refractivity contribution >= 4 is 31.1 Å². The van der Waals surface area contributed by atoms with Crippen LogP contribution in [0.5, 0.6) is 0 Å². The Hall–Kier alpha value is -2.26. The predicted molar refractivity (Wildman–Crippen MR) is 184 cm³/mol. The fourth-order valence-electron chi connectivity index (χ4n) is 4.54. The normalized spacial score (nSPS) is 14.1. The van der Waals surface area contributed by atoms with Gasteiger partial charge in [0.15, 0.2) is 19.5 Å². The molecule has 0 amide bonds. The molecule has 4 nitrogen and oxygen atoms in total. The number of esters is 1. The molecular formula is C36H56O4Si2. The summed E-state index contributed by atoms with van der Waals surface area (Å²) in [5.74, 6) is -0.318. The first-order valence-electron chi connectivity index (χ1n) is 15.4. The maximum Gasteiger partial charge on any atom is 0.330 e. The third kappa shape index (κ3) is 12.2. The second-order valence-electron chi connectivity index (χ2n) is 14.8.